The summed E-state index contributed by atoms with van der Waals surface area (Å²) in [5.74, 6) is 0.880. The van der Waals surface area contributed by atoms with Gasteiger partial charge in [0.15, 0.2) is 0 Å². The van der Waals surface area contributed by atoms with E-state index in [1.807, 2.05) is 17.5 Å². The van der Waals surface area contributed by atoms with Crippen LogP contribution in [-0.2, 0) is 11.2 Å². The molecule has 2 atom stereocenters. The average Bonchev–Trinajstić information content (AvgIpc) is 2.64. The summed E-state index contributed by atoms with van der Waals surface area (Å²) in [7, 11) is 2.12. The molecule has 2 heterocycles. The Morgan fingerprint density at radius 1 is 1.75 bits per heavy atom. The first-order valence-corrected chi connectivity index (χ1v) is 6.58. The summed E-state index contributed by atoms with van der Waals surface area (Å²) in [6, 6.07) is 4.02. The van der Waals surface area contributed by atoms with Crippen molar-refractivity contribution in [1.82, 2.24) is 10.2 Å². The van der Waals surface area contributed by atoms with E-state index in [4.69, 9.17) is 0 Å². The first-order chi connectivity index (χ1) is 7.68. The molecular weight excluding hydrogens is 220 g/mol. The van der Waals surface area contributed by atoms with Gasteiger partial charge in [-0.15, -0.1) is 11.3 Å². The maximum absolute atomic E-state index is 11.9. The van der Waals surface area contributed by atoms with Gasteiger partial charge in [0.1, 0.15) is 0 Å². The molecule has 86 valence electrons. The van der Waals surface area contributed by atoms with E-state index >= 15 is 0 Å². The van der Waals surface area contributed by atoms with E-state index in [2.05, 4.69) is 17.3 Å². The van der Waals surface area contributed by atoms with Gasteiger partial charge < -0.3 is 10.2 Å². The number of likely N-dealkylation sites (N-methyl/N-ethyl adjacent to an activating group) is 1. The third-order valence-electron chi connectivity index (χ3n) is 3.62. The fourth-order valence-corrected chi connectivity index (χ4v) is 3.53. The quantitative estimate of drug-likeness (QED) is 0.852. The molecule has 1 N–H and O–H groups in total. The number of fused-ring (bicyclic) bond motifs is 1. The number of rotatable bonds is 3. The molecule has 16 heavy (non-hydrogen) atoms. The van der Waals surface area contributed by atoms with Crippen molar-refractivity contribution in [3.63, 3.8) is 0 Å². The molecule has 3 nitrogen and oxygen atoms in total. The molecule has 0 bridgehead atoms. The van der Waals surface area contributed by atoms with Gasteiger partial charge in [-0.25, -0.2) is 0 Å². The van der Waals surface area contributed by atoms with Crippen LogP contribution in [0, 0.1) is 5.92 Å². The number of carbonyl (C=O) groups is 1. The van der Waals surface area contributed by atoms with Crippen LogP contribution in [0.25, 0.3) is 0 Å². The minimum Gasteiger partial charge on any atom is -0.349 e. The highest BCUT2D eigenvalue weighted by Crippen LogP contribution is 2.48. The van der Waals surface area contributed by atoms with Gasteiger partial charge in [-0.3, -0.25) is 4.79 Å². The van der Waals surface area contributed by atoms with Crippen molar-refractivity contribution in [2.75, 3.05) is 20.1 Å². The summed E-state index contributed by atoms with van der Waals surface area (Å²) in [5, 5.41) is 5.24. The lowest BCUT2D eigenvalue weighted by Gasteiger charge is -2.17. The van der Waals surface area contributed by atoms with Gasteiger partial charge in [0, 0.05) is 18.0 Å². The van der Waals surface area contributed by atoms with Crippen LogP contribution in [0.3, 0.4) is 0 Å². The minimum atomic E-state index is 0.128. The first-order valence-electron chi connectivity index (χ1n) is 5.70. The van der Waals surface area contributed by atoms with Crippen LogP contribution in [-0.4, -0.2) is 36.5 Å². The Bertz CT molecular complexity index is 403. The molecule has 4 heteroatoms. The van der Waals surface area contributed by atoms with Crippen LogP contribution < -0.4 is 5.32 Å². The van der Waals surface area contributed by atoms with Gasteiger partial charge in [0.2, 0.25) is 5.91 Å². The number of hydrogen-bond acceptors (Lipinski definition) is 3. The molecule has 1 aromatic rings. The molecule has 0 unspecified atom stereocenters. The zero-order chi connectivity index (χ0) is 11.2. The highest BCUT2D eigenvalue weighted by atomic mass is 32.1. The normalized spacial score (nSPS) is 32.4. The maximum Gasteiger partial charge on any atom is 0.225 e. The second kappa shape index (κ2) is 3.57. The van der Waals surface area contributed by atoms with Crippen LogP contribution in [0.2, 0.25) is 0 Å². The molecule has 0 radical (unpaired) electrons. The lowest BCUT2D eigenvalue weighted by Crippen LogP contribution is -2.42. The average molecular weight is 236 g/mol. The van der Waals surface area contributed by atoms with E-state index in [-0.39, 0.29) is 11.4 Å². The van der Waals surface area contributed by atoms with Crippen molar-refractivity contribution >= 4 is 17.2 Å². The van der Waals surface area contributed by atoms with Crippen LogP contribution >= 0.6 is 11.3 Å². The van der Waals surface area contributed by atoms with Crippen molar-refractivity contribution in [3.05, 3.63) is 22.4 Å². The summed E-state index contributed by atoms with van der Waals surface area (Å²) >= 11 is 1.65. The Hall–Kier alpha value is -0.870. The molecular formula is C12H16N2OS. The summed E-state index contributed by atoms with van der Waals surface area (Å²) < 4.78 is 0. The zero-order valence-corrected chi connectivity index (χ0v) is 10.2. The third-order valence-corrected chi connectivity index (χ3v) is 4.50. The lowest BCUT2D eigenvalue weighted by atomic mass is 10.2. The number of hydrogen-bond donors (Lipinski definition) is 1. The molecule has 1 saturated carbocycles. The van der Waals surface area contributed by atoms with E-state index < -0.39 is 0 Å². The van der Waals surface area contributed by atoms with Crippen molar-refractivity contribution in [1.29, 1.82) is 0 Å². The molecule has 2 aliphatic rings. The van der Waals surface area contributed by atoms with E-state index in [0.29, 0.717) is 12.3 Å². The van der Waals surface area contributed by atoms with E-state index in [1.165, 1.54) is 6.42 Å². The van der Waals surface area contributed by atoms with Crippen LogP contribution in [0.15, 0.2) is 17.5 Å². The van der Waals surface area contributed by atoms with Gasteiger partial charge >= 0.3 is 0 Å². The Kier molecular flexibility index (Phi) is 2.30. The minimum absolute atomic E-state index is 0.128. The molecule has 2 fully saturated rings. The van der Waals surface area contributed by atoms with Gasteiger partial charge in [0.05, 0.1) is 12.0 Å². The molecule has 1 aliphatic heterocycles. The maximum atomic E-state index is 11.9. The predicted octanol–water partition coefficient (Wildman–Crippen LogP) is 1.11. The van der Waals surface area contributed by atoms with Crippen LogP contribution in [0.1, 0.15) is 11.3 Å². The molecule has 1 saturated heterocycles. The summed E-state index contributed by atoms with van der Waals surface area (Å²) in [5.41, 5.74) is 0.128. The number of thiophene rings is 1. The molecule has 1 aliphatic carbocycles. The third kappa shape index (κ3) is 1.76. The highest BCUT2D eigenvalue weighted by molar-refractivity contribution is 7.10. The largest absolute Gasteiger partial charge is 0.349 e. The van der Waals surface area contributed by atoms with Gasteiger partial charge in [-0.1, -0.05) is 6.07 Å². The number of carbonyl (C=O) groups excluding carboxylic acids is 1. The Balaban J connectivity index is 1.58. The van der Waals surface area contributed by atoms with Crippen molar-refractivity contribution in [3.8, 4) is 0 Å². The number of nitrogens with zero attached hydrogens (tertiary/aromatic N) is 1. The number of likely N-dealkylation sites (tertiary alicyclic amines) is 1. The van der Waals surface area contributed by atoms with Gasteiger partial charge in [0.25, 0.3) is 0 Å². The van der Waals surface area contributed by atoms with Gasteiger partial charge in [-0.2, -0.15) is 0 Å². The monoisotopic (exact) mass is 236 g/mol. The predicted molar refractivity (Wildman–Crippen MR) is 64.5 cm³/mol. The molecule has 1 amide bonds. The van der Waals surface area contributed by atoms with Crippen LogP contribution in [0.5, 0.6) is 0 Å². The highest BCUT2D eigenvalue weighted by Gasteiger charge is 2.59. The van der Waals surface area contributed by atoms with Crippen molar-refractivity contribution in [2.24, 2.45) is 5.92 Å². The smallest absolute Gasteiger partial charge is 0.225 e. The number of nitrogens with one attached hydrogen (secondary N) is 1. The Morgan fingerprint density at radius 2 is 2.62 bits per heavy atom. The zero-order valence-electron chi connectivity index (χ0n) is 9.40. The Labute approximate surface area is 99.5 Å². The standard InChI is InChI=1S/C12H16N2OS/c1-14-7-9-6-12(9,8-14)13-11(15)5-10-3-2-4-16-10/h2-4,9H,5-8H2,1H3,(H,13,15)/t9-,12+/m1/s1. The fourth-order valence-electron chi connectivity index (χ4n) is 2.82. The summed E-state index contributed by atoms with van der Waals surface area (Å²) in [4.78, 5) is 15.3. The van der Waals surface area contributed by atoms with Crippen molar-refractivity contribution in [2.45, 2.75) is 18.4 Å². The lowest BCUT2D eigenvalue weighted by molar-refractivity contribution is -0.121. The summed E-state index contributed by atoms with van der Waals surface area (Å²) in [6.07, 6.45) is 1.71. The number of piperidine rings is 1. The van der Waals surface area contributed by atoms with Crippen molar-refractivity contribution < 1.29 is 4.79 Å². The topological polar surface area (TPSA) is 32.3 Å². The SMILES string of the molecule is CN1C[C@H]2C[C@]2(NC(=O)Cc2cccs2)C1. The second-order valence-electron chi connectivity index (χ2n) is 5.06. The molecule has 3 rings (SSSR count). The van der Waals surface area contributed by atoms with Crippen LogP contribution in [0.4, 0.5) is 0 Å². The Morgan fingerprint density at radius 3 is 3.25 bits per heavy atom. The van der Waals surface area contributed by atoms with E-state index in [9.17, 15) is 4.79 Å². The first kappa shape index (κ1) is 10.3. The fraction of sp³-hybridized carbons (Fsp3) is 0.583. The molecule has 0 aromatic carbocycles. The van der Waals surface area contributed by atoms with E-state index in [0.717, 1.165) is 18.0 Å². The second-order valence-corrected chi connectivity index (χ2v) is 6.09. The van der Waals surface area contributed by atoms with Gasteiger partial charge in [-0.05, 0) is 30.8 Å². The summed E-state index contributed by atoms with van der Waals surface area (Å²) in [6.45, 7) is 2.16. The number of amides is 1. The molecule has 0 spiro atoms. The molecule has 1 aromatic heterocycles. The van der Waals surface area contributed by atoms with E-state index in [1.54, 1.807) is 11.3 Å².